The molecule has 1 aliphatic heterocycles. The van der Waals surface area contributed by atoms with Crippen LogP contribution in [0, 0.1) is 17.6 Å². The van der Waals surface area contributed by atoms with E-state index in [1.54, 1.807) is 13.8 Å². The molecule has 1 amide bonds. The van der Waals surface area contributed by atoms with Gasteiger partial charge in [-0.3, -0.25) is 4.79 Å². The maximum absolute atomic E-state index is 14.0. The largest absolute Gasteiger partial charge is 0.309 e. The third kappa shape index (κ3) is 3.82. The summed E-state index contributed by atoms with van der Waals surface area (Å²) in [4.78, 5) is 13.4. The van der Waals surface area contributed by atoms with Gasteiger partial charge in [-0.15, -0.1) is 0 Å². The van der Waals surface area contributed by atoms with Crippen molar-refractivity contribution in [1.29, 1.82) is 0 Å². The Morgan fingerprint density at radius 2 is 2.00 bits per heavy atom. The molecule has 0 unspecified atom stereocenters. The zero-order valence-corrected chi connectivity index (χ0v) is 13.4. The van der Waals surface area contributed by atoms with Crippen molar-refractivity contribution in [3.8, 4) is 0 Å². The third-order valence-corrected chi connectivity index (χ3v) is 5.30. The van der Waals surface area contributed by atoms with Gasteiger partial charge in [-0.1, -0.05) is 13.8 Å². The lowest BCUT2D eigenvalue weighted by Gasteiger charge is -2.30. The van der Waals surface area contributed by atoms with Crippen LogP contribution in [0.25, 0.3) is 0 Å². The first-order chi connectivity index (χ1) is 10.2. The van der Waals surface area contributed by atoms with Gasteiger partial charge in [-0.25, -0.2) is 17.2 Å². The van der Waals surface area contributed by atoms with Gasteiger partial charge in [-0.05, 0) is 30.4 Å². The van der Waals surface area contributed by atoms with Gasteiger partial charge < -0.3 is 4.90 Å². The van der Waals surface area contributed by atoms with Gasteiger partial charge in [0.25, 0.3) is 0 Å². The highest BCUT2D eigenvalue weighted by Crippen LogP contribution is 2.31. The van der Waals surface area contributed by atoms with E-state index in [-0.39, 0.29) is 23.9 Å². The quantitative estimate of drug-likeness (QED) is 0.851. The van der Waals surface area contributed by atoms with Gasteiger partial charge in [0.15, 0.2) is 9.84 Å². The Morgan fingerprint density at radius 3 is 2.64 bits per heavy atom. The van der Waals surface area contributed by atoms with Crippen LogP contribution in [0.2, 0.25) is 0 Å². The fraction of sp³-hybridized carbons (Fsp3) is 0.533. The molecule has 0 bridgehead atoms. The van der Waals surface area contributed by atoms with Crippen molar-refractivity contribution in [1.82, 2.24) is 0 Å². The normalized spacial score (nSPS) is 15.0. The topological polar surface area (TPSA) is 54.5 Å². The zero-order valence-electron chi connectivity index (χ0n) is 12.6. The first-order valence-corrected chi connectivity index (χ1v) is 9.00. The predicted octanol–water partition coefficient (Wildman–Crippen LogP) is 2.31. The number of hydrogen-bond acceptors (Lipinski definition) is 3. The number of carbonyl (C=O) groups is 1. The Bertz CT molecular complexity index is 686. The molecule has 1 heterocycles. The summed E-state index contributed by atoms with van der Waals surface area (Å²) in [5.41, 5.74) is 0.413. The molecule has 0 aromatic heterocycles. The summed E-state index contributed by atoms with van der Waals surface area (Å²) in [6.45, 7) is 3.74. The SMILES string of the molecule is CC(C)CS(=O)(=O)CC(=O)N1CCCc2cc(F)cc(F)c21. The Kier molecular flexibility index (Phi) is 4.84. The number of anilines is 1. The lowest BCUT2D eigenvalue weighted by Crippen LogP contribution is -2.40. The Labute approximate surface area is 129 Å². The molecular formula is C15H19F2NO3S. The van der Waals surface area contributed by atoms with E-state index in [9.17, 15) is 22.0 Å². The van der Waals surface area contributed by atoms with Crippen molar-refractivity contribution in [3.05, 3.63) is 29.3 Å². The molecule has 0 atom stereocenters. The van der Waals surface area contributed by atoms with E-state index in [1.807, 2.05) is 0 Å². The number of halogens is 2. The number of carbonyl (C=O) groups excluding carboxylic acids is 1. The first-order valence-electron chi connectivity index (χ1n) is 7.18. The number of hydrogen-bond donors (Lipinski definition) is 0. The van der Waals surface area contributed by atoms with Crippen LogP contribution in [-0.4, -0.2) is 32.4 Å². The number of sulfone groups is 1. The highest BCUT2D eigenvalue weighted by Gasteiger charge is 2.29. The first kappa shape index (κ1) is 16.9. The second-order valence-electron chi connectivity index (χ2n) is 5.99. The maximum atomic E-state index is 14.0. The fourth-order valence-corrected chi connectivity index (χ4v) is 4.40. The Balaban J connectivity index is 2.27. The van der Waals surface area contributed by atoms with Crippen LogP contribution in [0.3, 0.4) is 0 Å². The highest BCUT2D eigenvalue weighted by atomic mass is 32.2. The molecule has 1 aliphatic rings. The van der Waals surface area contributed by atoms with Crippen molar-refractivity contribution >= 4 is 21.4 Å². The lowest BCUT2D eigenvalue weighted by atomic mass is 10.0. The van der Waals surface area contributed by atoms with Crippen LogP contribution in [0.5, 0.6) is 0 Å². The van der Waals surface area contributed by atoms with E-state index in [1.165, 1.54) is 6.07 Å². The molecule has 2 rings (SSSR count). The van der Waals surface area contributed by atoms with Gasteiger partial charge in [0.05, 0.1) is 11.4 Å². The van der Waals surface area contributed by atoms with Crippen LogP contribution in [-0.2, 0) is 21.1 Å². The van der Waals surface area contributed by atoms with Crippen LogP contribution < -0.4 is 4.90 Å². The second-order valence-corrected chi connectivity index (χ2v) is 8.10. The summed E-state index contributed by atoms with van der Waals surface area (Å²) in [6, 6.07) is 1.91. The van der Waals surface area contributed by atoms with Crippen molar-refractivity contribution in [3.63, 3.8) is 0 Å². The fourth-order valence-electron chi connectivity index (χ4n) is 2.73. The smallest absolute Gasteiger partial charge is 0.242 e. The number of benzene rings is 1. The molecule has 4 nitrogen and oxygen atoms in total. The summed E-state index contributed by atoms with van der Waals surface area (Å²) in [5.74, 6) is -3.01. The monoisotopic (exact) mass is 331 g/mol. The number of nitrogens with zero attached hydrogens (tertiary/aromatic N) is 1. The van der Waals surface area contributed by atoms with E-state index in [2.05, 4.69) is 0 Å². The minimum Gasteiger partial charge on any atom is -0.309 e. The second kappa shape index (κ2) is 6.32. The summed E-state index contributed by atoms with van der Waals surface area (Å²) in [7, 11) is -3.54. The number of rotatable bonds is 4. The molecule has 7 heteroatoms. The number of aryl methyl sites for hydroxylation is 1. The maximum Gasteiger partial charge on any atom is 0.242 e. The minimum absolute atomic E-state index is 0.0115. The van der Waals surface area contributed by atoms with Gasteiger partial charge in [-0.2, -0.15) is 0 Å². The van der Waals surface area contributed by atoms with Crippen molar-refractivity contribution in [2.75, 3.05) is 23.0 Å². The van der Waals surface area contributed by atoms with Crippen molar-refractivity contribution < 1.29 is 22.0 Å². The molecule has 0 fully saturated rings. The predicted molar refractivity (Wildman–Crippen MR) is 80.5 cm³/mol. The average molecular weight is 331 g/mol. The molecule has 0 spiro atoms. The summed E-state index contributed by atoms with van der Waals surface area (Å²) < 4.78 is 51.1. The van der Waals surface area contributed by atoms with Crippen LogP contribution >= 0.6 is 0 Å². The highest BCUT2D eigenvalue weighted by molar-refractivity contribution is 7.92. The Hall–Kier alpha value is -1.50. The average Bonchev–Trinajstić information content (AvgIpc) is 2.35. The Morgan fingerprint density at radius 1 is 1.32 bits per heavy atom. The van der Waals surface area contributed by atoms with E-state index in [4.69, 9.17) is 0 Å². The summed E-state index contributed by atoms with van der Waals surface area (Å²) >= 11 is 0. The molecule has 1 aromatic rings. The summed E-state index contributed by atoms with van der Waals surface area (Å²) in [6.07, 6.45) is 1.01. The van der Waals surface area contributed by atoms with Crippen LogP contribution in [0.15, 0.2) is 12.1 Å². The molecule has 0 saturated heterocycles. The molecule has 0 saturated carbocycles. The van der Waals surface area contributed by atoms with Crippen LogP contribution in [0.1, 0.15) is 25.8 Å². The van der Waals surface area contributed by atoms with Crippen molar-refractivity contribution in [2.45, 2.75) is 26.7 Å². The number of fused-ring (bicyclic) bond motifs is 1. The van der Waals surface area contributed by atoms with E-state index in [0.29, 0.717) is 24.5 Å². The third-order valence-electron chi connectivity index (χ3n) is 3.44. The van der Waals surface area contributed by atoms with Gasteiger partial charge >= 0.3 is 0 Å². The number of amides is 1. The van der Waals surface area contributed by atoms with Crippen molar-refractivity contribution in [2.24, 2.45) is 5.92 Å². The van der Waals surface area contributed by atoms with E-state index in [0.717, 1.165) is 4.90 Å². The summed E-state index contributed by atoms with van der Waals surface area (Å²) in [5, 5.41) is 0. The van der Waals surface area contributed by atoms with E-state index >= 15 is 0 Å². The minimum atomic E-state index is -3.54. The van der Waals surface area contributed by atoms with Gasteiger partial charge in [0.1, 0.15) is 17.4 Å². The molecule has 122 valence electrons. The molecule has 22 heavy (non-hydrogen) atoms. The molecule has 1 aromatic carbocycles. The van der Waals surface area contributed by atoms with Crippen LogP contribution in [0.4, 0.5) is 14.5 Å². The lowest BCUT2D eigenvalue weighted by molar-refractivity contribution is -0.116. The van der Waals surface area contributed by atoms with Gasteiger partial charge in [0, 0.05) is 12.6 Å². The molecule has 0 aliphatic carbocycles. The zero-order chi connectivity index (χ0) is 16.5. The molecule has 0 N–H and O–H groups in total. The van der Waals surface area contributed by atoms with Gasteiger partial charge in [0.2, 0.25) is 5.91 Å². The standard InChI is InChI=1S/C15H19F2NO3S/c1-10(2)8-22(20,21)9-14(19)18-5-3-4-11-6-12(16)7-13(17)15(11)18/h6-7,10H,3-5,8-9H2,1-2H3. The van der Waals surface area contributed by atoms with E-state index < -0.39 is 33.1 Å². The molecular weight excluding hydrogens is 312 g/mol. The molecule has 0 radical (unpaired) electrons.